The van der Waals surface area contributed by atoms with E-state index in [0.717, 1.165) is 25.2 Å². The van der Waals surface area contributed by atoms with Crippen LogP contribution in [0.5, 0.6) is 5.75 Å². The van der Waals surface area contributed by atoms with Gasteiger partial charge in [0.2, 0.25) is 5.91 Å². The highest BCUT2D eigenvalue weighted by atomic mass is 16.5. The number of fused-ring (bicyclic) bond motifs is 2. The standard InChI is InChI=1S/C18H22N2O3/c21-17-9-14-5-6-15(10-19-17)20(14)18(22)13-3-7-16(8-4-13)23-11-12-1-2-12/h3-4,7-8,12,14-15H,1-2,5-6,9-11H2,(H,19,21). The highest BCUT2D eigenvalue weighted by Gasteiger charge is 2.40. The van der Waals surface area contributed by atoms with Gasteiger partial charge in [-0.15, -0.1) is 0 Å². The van der Waals surface area contributed by atoms with Crippen molar-refractivity contribution in [1.82, 2.24) is 10.2 Å². The van der Waals surface area contributed by atoms with Gasteiger partial charge < -0.3 is 15.0 Å². The van der Waals surface area contributed by atoms with E-state index in [-0.39, 0.29) is 23.9 Å². The van der Waals surface area contributed by atoms with Crippen molar-refractivity contribution in [1.29, 1.82) is 0 Å². The molecule has 0 radical (unpaired) electrons. The van der Waals surface area contributed by atoms with Crippen molar-refractivity contribution >= 4 is 11.8 Å². The van der Waals surface area contributed by atoms with Crippen LogP contribution in [0.15, 0.2) is 24.3 Å². The predicted molar refractivity (Wildman–Crippen MR) is 85.3 cm³/mol. The van der Waals surface area contributed by atoms with Gasteiger partial charge in [-0.05, 0) is 55.9 Å². The third kappa shape index (κ3) is 3.05. The molecule has 2 amide bonds. The molecule has 1 aromatic rings. The Kier molecular flexibility index (Phi) is 3.71. The van der Waals surface area contributed by atoms with Crippen molar-refractivity contribution in [3.05, 3.63) is 29.8 Å². The summed E-state index contributed by atoms with van der Waals surface area (Å²) >= 11 is 0. The maximum atomic E-state index is 12.9. The Morgan fingerprint density at radius 3 is 2.61 bits per heavy atom. The molecule has 2 aliphatic heterocycles. The van der Waals surface area contributed by atoms with Crippen molar-refractivity contribution in [2.75, 3.05) is 13.2 Å². The lowest BCUT2D eigenvalue weighted by atomic mass is 10.1. The van der Waals surface area contributed by atoms with Gasteiger partial charge in [-0.3, -0.25) is 9.59 Å². The molecule has 1 aliphatic carbocycles. The number of rotatable bonds is 4. The Morgan fingerprint density at radius 2 is 1.87 bits per heavy atom. The maximum Gasteiger partial charge on any atom is 0.254 e. The van der Waals surface area contributed by atoms with Crippen LogP contribution in [0.3, 0.4) is 0 Å². The van der Waals surface area contributed by atoms with Crippen molar-refractivity contribution in [2.45, 2.75) is 44.2 Å². The molecule has 3 aliphatic rings. The van der Waals surface area contributed by atoms with E-state index in [2.05, 4.69) is 5.32 Å². The maximum absolute atomic E-state index is 12.9. The number of nitrogens with one attached hydrogen (secondary N) is 1. The number of carbonyl (C=O) groups is 2. The number of hydrogen-bond donors (Lipinski definition) is 1. The summed E-state index contributed by atoms with van der Waals surface area (Å²) in [5.41, 5.74) is 0.676. The zero-order valence-electron chi connectivity index (χ0n) is 13.2. The van der Waals surface area contributed by atoms with Crippen LogP contribution in [0.25, 0.3) is 0 Å². The summed E-state index contributed by atoms with van der Waals surface area (Å²) in [6.45, 7) is 1.35. The SMILES string of the molecule is O=C1CC2CCC(CN1)N2C(=O)c1ccc(OCC2CC2)cc1. The molecule has 3 fully saturated rings. The lowest BCUT2D eigenvalue weighted by Crippen LogP contribution is -2.42. The predicted octanol–water partition coefficient (Wildman–Crippen LogP) is 1.97. The molecule has 1 saturated carbocycles. The topological polar surface area (TPSA) is 58.6 Å². The second-order valence-corrected chi connectivity index (χ2v) is 6.88. The summed E-state index contributed by atoms with van der Waals surface area (Å²) in [4.78, 5) is 26.5. The van der Waals surface area contributed by atoms with Crippen molar-refractivity contribution < 1.29 is 14.3 Å². The number of nitrogens with zero attached hydrogens (tertiary/aromatic N) is 1. The molecule has 2 bridgehead atoms. The van der Waals surface area contributed by atoms with Gasteiger partial charge in [0.1, 0.15) is 5.75 Å². The van der Waals surface area contributed by atoms with E-state index in [1.54, 1.807) is 0 Å². The van der Waals surface area contributed by atoms with Gasteiger partial charge in [0, 0.05) is 30.6 Å². The summed E-state index contributed by atoms with van der Waals surface area (Å²) < 4.78 is 5.72. The van der Waals surface area contributed by atoms with Gasteiger partial charge >= 0.3 is 0 Å². The molecule has 23 heavy (non-hydrogen) atoms. The van der Waals surface area contributed by atoms with E-state index in [9.17, 15) is 9.59 Å². The van der Waals surface area contributed by atoms with Crippen molar-refractivity contribution in [3.8, 4) is 5.75 Å². The minimum Gasteiger partial charge on any atom is -0.493 e. The first-order valence-corrected chi connectivity index (χ1v) is 8.53. The van der Waals surface area contributed by atoms with Gasteiger partial charge in [-0.25, -0.2) is 0 Å². The fourth-order valence-corrected chi connectivity index (χ4v) is 3.55. The average molecular weight is 314 g/mol. The highest BCUT2D eigenvalue weighted by Crippen LogP contribution is 2.31. The number of ether oxygens (including phenoxy) is 1. The number of amides is 2. The molecule has 2 unspecified atom stereocenters. The molecule has 2 atom stereocenters. The van der Waals surface area contributed by atoms with Gasteiger partial charge in [0.15, 0.2) is 0 Å². The van der Waals surface area contributed by atoms with Crippen molar-refractivity contribution in [2.24, 2.45) is 5.92 Å². The Balaban J connectivity index is 1.46. The number of benzene rings is 1. The van der Waals surface area contributed by atoms with E-state index in [4.69, 9.17) is 4.74 Å². The zero-order chi connectivity index (χ0) is 15.8. The molecule has 5 nitrogen and oxygen atoms in total. The van der Waals surface area contributed by atoms with Crippen LogP contribution in [0.1, 0.15) is 42.5 Å². The monoisotopic (exact) mass is 314 g/mol. The van der Waals surface area contributed by atoms with Crippen LogP contribution < -0.4 is 10.1 Å². The molecular weight excluding hydrogens is 292 g/mol. The van der Waals surface area contributed by atoms with Crippen molar-refractivity contribution in [3.63, 3.8) is 0 Å². The molecule has 122 valence electrons. The number of carbonyl (C=O) groups excluding carboxylic acids is 2. The van der Waals surface area contributed by atoms with Gasteiger partial charge in [0.05, 0.1) is 6.61 Å². The van der Waals surface area contributed by atoms with Crippen LogP contribution in [0.4, 0.5) is 0 Å². The van der Waals surface area contributed by atoms with Gasteiger partial charge in [-0.1, -0.05) is 0 Å². The van der Waals surface area contributed by atoms with Gasteiger partial charge in [-0.2, -0.15) is 0 Å². The van der Waals surface area contributed by atoms with E-state index >= 15 is 0 Å². The fraction of sp³-hybridized carbons (Fsp3) is 0.556. The Bertz CT molecular complexity index is 609. The summed E-state index contributed by atoms with van der Waals surface area (Å²) in [6, 6.07) is 7.59. The Hall–Kier alpha value is -2.04. The summed E-state index contributed by atoms with van der Waals surface area (Å²) in [6.07, 6.45) is 4.85. The van der Waals surface area contributed by atoms with E-state index in [0.29, 0.717) is 24.4 Å². The van der Waals surface area contributed by atoms with Crippen LogP contribution in [0.2, 0.25) is 0 Å². The first kappa shape index (κ1) is 14.5. The van der Waals surface area contributed by atoms with E-state index in [1.807, 2.05) is 29.2 Å². The Morgan fingerprint density at radius 1 is 1.13 bits per heavy atom. The summed E-state index contributed by atoms with van der Waals surface area (Å²) in [5, 5.41) is 2.90. The first-order valence-electron chi connectivity index (χ1n) is 8.53. The minimum absolute atomic E-state index is 0.0303. The van der Waals surface area contributed by atoms with Crippen LogP contribution in [-0.2, 0) is 4.79 Å². The summed E-state index contributed by atoms with van der Waals surface area (Å²) in [5.74, 6) is 1.62. The third-order valence-electron chi connectivity index (χ3n) is 5.09. The van der Waals surface area contributed by atoms with Crippen LogP contribution in [-0.4, -0.2) is 41.9 Å². The van der Waals surface area contributed by atoms with E-state index in [1.165, 1.54) is 12.8 Å². The smallest absolute Gasteiger partial charge is 0.254 e. The van der Waals surface area contributed by atoms with Crippen LogP contribution in [0, 0.1) is 5.92 Å². The quantitative estimate of drug-likeness (QED) is 0.924. The lowest BCUT2D eigenvalue weighted by molar-refractivity contribution is -0.121. The average Bonchev–Trinajstić information content (AvgIpc) is 3.32. The molecule has 1 N–H and O–H groups in total. The first-order chi connectivity index (χ1) is 11.2. The number of hydrogen-bond acceptors (Lipinski definition) is 3. The normalized spacial score (nSPS) is 26.6. The molecule has 4 rings (SSSR count). The zero-order valence-corrected chi connectivity index (χ0v) is 13.2. The van der Waals surface area contributed by atoms with Crippen LogP contribution >= 0.6 is 0 Å². The summed E-state index contributed by atoms with van der Waals surface area (Å²) in [7, 11) is 0. The molecule has 0 aromatic heterocycles. The lowest BCUT2D eigenvalue weighted by Gasteiger charge is -2.27. The fourth-order valence-electron chi connectivity index (χ4n) is 3.55. The second kappa shape index (κ2) is 5.87. The highest BCUT2D eigenvalue weighted by molar-refractivity contribution is 5.95. The van der Waals surface area contributed by atoms with Gasteiger partial charge in [0.25, 0.3) is 5.91 Å². The third-order valence-corrected chi connectivity index (χ3v) is 5.09. The molecular formula is C18H22N2O3. The molecule has 0 spiro atoms. The second-order valence-electron chi connectivity index (χ2n) is 6.88. The molecule has 2 saturated heterocycles. The molecule has 5 heteroatoms. The Labute approximate surface area is 136 Å². The molecule has 1 aromatic carbocycles. The largest absolute Gasteiger partial charge is 0.493 e. The van der Waals surface area contributed by atoms with E-state index < -0.39 is 0 Å². The minimum atomic E-state index is 0.0303. The molecule has 2 heterocycles.